The lowest BCUT2D eigenvalue weighted by atomic mass is 10.7. The van der Waals surface area contributed by atoms with Crippen LogP contribution in [0.25, 0.3) is 5.95 Å². The summed E-state index contributed by atoms with van der Waals surface area (Å²) >= 11 is -0.134. The van der Waals surface area contributed by atoms with Crippen LogP contribution < -0.4 is 11.1 Å². The zero-order valence-corrected chi connectivity index (χ0v) is 10.7. The Labute approximate surface area is 115 Å². The van der Waals surface area contributed by atoms with E-state index in [-0.39, 0.29) is 41.9 Å². The molecule has 2 aromatic heterocycles. The second-order valence-corrected chi connectivity index (χ2v) is 4.54. The van der Waals surface area contributed by atoms with Gasteiger partial charge in [0.25, 0.3) is 5.95 Å². The molecule has 2 aromatic rings. The molecule has 0 spiro atoms. The Kier molecular flexibility index (Phi) is 4.22. The van der Waals surface area contributed by atoms with E-state index in [9.17, 15) is 13.2 Å². The molecule has 0 amide bonds. The maximum absolute atomic E-state index is 12.0. The van der Waals surface area contributed by atoms with Gasteiger partial charge in [0, 0.05) is 12.3 Å². The van der Waals surface area contributed by atoms with Crippen molar-refractivity contribution in [1.29, 1.82) is 0 Å². The minimum Gasteiger partial charge on any atom is -0.368 e. The molecular formula is C8H9F3N8S. The van der Waals surface area contributed by atoms with Gasteiger partial charge in [-0.3, -0.25) is 0 Å². The fourth-order valence-corrected chi connectivity index (χ4v) is 1.64. The number of nitrogen functional groups attached to an aromatic ring is 1. The van der Waals surface area contributed by atoms with E-state index in [4.69, 9.17) is 5.73 Å². The normalized spacial score (nSPS) is 11.6. The fraction of sp³-hybridized carbons (Fsp3) is 0.375. The maximum atomic E-state index is 12.0. The molecule has 0 aliphatic carbocycles. The van der Waals surface area contributed by atoms with Crippen molar-refractivity contribution in [2.75, 3.05) is 23.3 Å². The molecule has 0 fully saturated rings. The Morgan fingerprint density at radius 2 is 2.10 bits per heavy atom. The Bertz CT molecular complexity index is 557. The molecule has 108 valence electrons. The van der Waals surface area contributed by atoms with Crippen LogP contribution in [0, 0.1) is 0 Å². The minimum atomic E-state index is -4.26. The number of thioether (sulfide) groups is 1. The standard InChI is InChI=1S/C8H9F3N8S/c9-8(10,11)20-2-1-14-6-16-5(12)17-7(18-6)19-4-13-3-15-19/h3-4H,1-2H2,(H3,12,14,16,17,18). The lowest BCUT2D eigenvalue weighted by Gasteiger charge is -2.08. The molecular weight excluding hydrogens is 297 g/mol. The molecule has 0 radical (unpaired) electrons. The topological polar surface area (TPSA) is 107 Å². The zero-order valence-electron chi connectivity index (χ0n) is 9.87. The third-order valence-electron chi connectivity index (χ3n) is 1.92. The Morgan fingerprint density at radius 3 is 2.75 bits per heavy atom. The van der Waals surface area contributed by atoms with Gasteiger partial charge in [0.1, 0.15) is 12.7 Å². The summed E-state index contributed by atoms with van der Waals surface area (Å²) in [6.07, 6.45) is 2.64. The maximum Gasteiger partial charge on any atom is 0.441 e. The summed E-state index contributed by atoms with van der Waals surface area (Å²) in [4.78, 5) is 15.3. The highest BCUT2D eigenvalue weighted by Crippen LogP contribution is 2.29. The highest BCUT2D eigenvalue weighted by molar-refractivity contribution is 8.00. The van der Waals surface area contributed by atoms with Gasteiger partial charge in [-0.05, 0) is 11.8 Å². The average molecular weight is 306 g/mol. The number of nitrogens with zero attached hydrogens (tertiary/aromatic N) is 6. The molecule has 3 N–H and O–H groups in total. The van der Waals surface area contributed by atoms with Crippen LogP contribution in [-0.4, -0.2) is 47.5 Å². The largest absolute Gasteiger partial charge is 0.441 e. The van der Waals surface area contributed by atoms with E-state index in [0.717, 1.165) is 0 Å². The van der Waals surface area contributed by atoms with Gasteiger partial charge in [-0.1, -0.05) is 0 Å². The monoisotopic (exact) mass is 306 g/mol. The van der Waals surface area contributed by atoms with Gasteiger partial charge in [0.2, 0.25) is 11.9 Å². The van der Waals surface area contributed by atoms with Crippen molar-refractivity contribution in [1.82, 2.24) is 29.7 Å². The summed E-state index contributed by atoms with van der Waals surface area (Å²) in [6.45, 7) is 0.0322. The molecule has 2 rings (SSSR count). The fourth-order valence-electron chi connectivity index (χ4n) is 1.20. The molecule has 0 saturated carbocycles. The summed E-state index contributed by atoms with van der Waals surface area (Å²) in [5, 5.41) is 6.45. The van der Waals surface area contributed by atoms with Crippen LogP contribution >= 0.6 is 11.8 Å². The van der Waals surface area contributed by atoms with E-state index in [1.54, 1.807) is 0 Å². The summed E-state index contributed by atoms with van der Waals surface area (Å²) in [7, 11) is 0. The number of rotatable bonds is 5. The van der Waals surface area contributed by atoms with Crippen LogP contribution in [0.1, 0.15) is 0 Å². The molecule has 20 heavy (non-hydrogen) atoms. The van der Waals surface area contributed by atoms with Crippen molar-refractivity contribution in [2.24, 2.45) is 0 Å². The molecule has 8 nitrogen and oxygen atoms in total. The highest BCUT2D eigenvalue weighted by Gasteiger charge is 2.27. The number of nitrogens with two attached hydrogens (primary N) is 1. The van der Waals surface area contributed by atoms with Crippen molar-refractivity contribution >= 4 is 23.7 Å². The predicted octanol–water partition coefficient (Wildman–Crippen LogP) is 0.699. The molecule has 0 atom stereocenters. The molecule has 0 aliphatic heterocycles. The van der Waals surface area contributed by atoms with Gasteiger partial charge in [0.15, 0.2) is 0 Å². The van der Waals surface area contributed by atoms with Crippen molar-refractivity contribution in [3.8, 4) is 5.95 Å². The molecule has 12 heteroatoms. The van der Waals surface area contributed by atoms with Gasteiger partial charge >= 0.3 is 5.51 Å². The molecule has 0 aromatic carbocycles. The van der Waals surface area contributed by atoms with Gasteiger partial charge in [0.05, 0.1) is 0 Å². The number of hydrogen-bond acceptors (Lipinski definition) is 8. The molecule has 0 aliphatic rings. The van der Waals surface area contributed by atoms with Crippen LogP contribution in [0.2, 0.25) is 0 Å². The van der Waals surface area contributed by atoms with E-state index in [1.807, 2.05) is 0 Å². The van der Waals surface area contributed by atoms with E-state index >= 15 is 0 Å². The number of aromatic nitrogens is 6. The summed E-state index contributed by atoms with van der Waals surface area (Å²) in [5.41, 5.74) is 1.23. The number of anilines is 2. The quantitative estimate of drug-likeness (QED) is 0.777. The Morgan fingerprint density at radius 1 is 1.30 bits per heavy atom. The van der Waals surface area contributed by atoms with Crippen molar-refractivity contribution in [2.45, 2.75) is 5.51 Å². The summed E-state index contributed by atoms with van der Waals surface area (Å²) in [6, 6.07) is 0. The van der Waals surface area contributed by atoms with Gasteiger partial charge in [-0.2, -0.15) is 37.9 Å². The van der Waals surface area contributed by atoms with Gasteiger partial charge in [-0.25, -0.2) is 4.98 Å². The SMILES string of the molecule is Nc1nc(NCCSC(F)(F)F)nc(-n2cncn2)n1. The number of hydrogen-bond donors (Lipinski definition) is 2. The highest BCUT2D eigenvalue weighted by atomic mass is 32.2. The van der Waals surface area contributed by atoms with Gasteiger partial charge < -0.3 is 11.1 Å². The first-order valence-electron chi connectivity index (χ1n) is 5.25. The third kappa shape index (κ3) is 4.22. The van der Waals surface area contributed by atoms with E-state index in [2.05, 4.69) is 30.4 Å². The van der Waals surface area contributed by atoms with E-state index < -0.39 is 5.51 Å². The first-order valence-corrected chi connectivity index (χ1v) is 6.24. The number of halogens is 3. The van der Waals surface area contributed by atoms with Crippen molar-refractivity contribution in [3.63, 3.8) is 0 Å². The van der Waals surface area contributed by atoms with Crippen LogP contribution in [-0.2, 0) is 0 Å². The summed E-state index contributed by atoms with van der Waals surface area (Å²) < 4.78 is 37.1. The molecule has 0 saturated heterocycles. The van der Waals surface area contributed by atoms with Crippen molar-refractivity contribution in [3.05, 3.63) is 12.7 Å². The van der Waals surface area contributed by atoms with Crippen LogP contribution in [0.15, 0.2) is 12.7 Å². The van der Waals surface area contributed by atoms with Crippen LogP contribution in [0.4, 0.5) is 25.1 Å². The number of alkyl halides is 3. The van der Waals surface area contributed by atoms with Crippen LogP contribution in [0.3, 0.4) is 0 Å². The molecule has 2 heterocycles. The molecule has 0 unspecified atom stereocenters. The van der Waals surface area contributed by atoms with Gasteiger partial charge in [-0.15, -0.1) is 0 Å². The second-order valence-electron chi connectivity index (χ2n) is 3.38. The van der Waals surface area contributed by atoms with Crippen molar-refractivity contribution < 1.29 is 13.2 Å². The first kappa shape index (κ1) is 14.3. The minimum absolute atomic E-state index is 0.0322. The van der Waals surface area contributed by atoms with E-state index in [1.165, 1.54) is 17.3 Å². The molecule has 0 bridgehead atoms. The predicted molar refractivity (Wildman–Crippen MR) is 66.2 cm³/mol. The smallest absolute Gasteiger partial charge is 0.368 e. The Hall–Kier alpha value is -2.11. The Balaban J connectivity index is 1.98. The lowest BCUT2D eigenvalue weighted by molar-refractivity contribution is -0.0327. The second kappa shape index (κ2) is 5.90. The lowest BCUT2D eigenvalue weighted by Crippen LogP contribution is -2.14. The van der Waals surface area contributed by atoms with Crippen LogP contribution in [0.5, 0.6) is 0 Å². The van der Waals surface area contributed by atoms with E-state index in [0.29, 0.717) is 0 Å². The average Bonchev–Trinajstić information content (AvgIpc) is 2.86. The zero-order chi connectivity index (χ0) is 14.6. The number of nitrogens with one attached hydrogen (secondary N) is 1. The third-order valence-corrected chi connectivity index (χ3v) is 2.65. The summed E-state index contributed by atoms with van der Waals surface area (Å²) in [5.74, 6) is -0.0449. The first-order chi connectivity index (χ1) is 9.44.